The van der Waals surface area contributed by atoms with Gasteiger partial charge in [0.25, 0.3) is 5.89 Å². The van der Waals surface area contributed by atoms with E-state index >= 15 is 0 Å². The van der Waals surface area contributed by atoms with Crippen molar-refractivity contribution in [2.45, 2.75) is 20.3 Å². The highest BCUT2D eigenvalue weighted by Gasteiger charge is 2.13. The first-order valence-electron chi connectivity index (χ1n) is 7.47. The average molecular weight is 342 g/mol. The predicted octanol–water partition coefficient (Wildman–Crippen LogP) is 4.19. The minimum Gasteiger partial charge on any atom is -0.334 e. The largest absolute Gasteiger partial charge is 0.334 e. The third-order valence-electron chi connectivity index (χ3n) is 3.63. The quantitative estimate of drug-likeness (QED) is 0.772. The summed E-state index contributed by atoms with van der Waals surface area (Å²) in [5, 5.41) is 7.28. The molecule has 24 heavy (non-hydrogen) atoms. The van der Waals surface area contributed by atoms with E-state index in [1.807, 2.05) is 38.1 Å². The highest BCUT2D eigenvalue weighted by atomic mass is 35.5. The van der Waals surface area contributed by atoms with Gasteiger partial charge in [0, 0.05) is 16.3 Å². The van der Waals surface area contributed by atoms with Crippen LogP contribution in [-0.4, -0.2) is 16.0 Å². The fraction of sp³-hybridized carbons (Fsp3) is 0.167. The average Bonchev–Trinajstić information content (AvgIpc) is 3.01. The van der Waals surface area contributed by atoms with Crippen LogP contribution in [0.4, 0.5) is 5.69 Å². The lowest BCUT2D eigenvalue weighted by Gasteiger charge is -2.08. The minimum atomic E-state index is -0.225. The Bertz CT molecular complexity index is 872. The van der Waals surface area contributed by atoms with Crippen LogP contribution in [0, 0.1) is 13.8 Å². The van der Waals surface area contributed by atoms with Crippen molar-refractivity contribution in [3.63, 3.8) is 0 Å². The molecule has 0 unspecified atom stereocenters. The maximum absolute atomic E-state index is 12.2. The van der Waals surface area contributed by atoms with Gasteiger partial charge in [0.1, 0.15) is 0 Å². The Kier molecular flexibility index (Phi) is 4.62. The van der Waals surface area contributed by atoms with Crippen LogP contribution in [0.2, 0.25) is 5.02 Å². The van der Waals surface area contributed by atoms with Crippen molar-refractivity contribution in [3.8, 4) is 11.5 Å². The van der Waals surface area contributed by atoms with Gasteiger partial charge in [-0.05, 0) is 43.7 Å². The molecule has 6 heteroatoms. The molecule has 0 aliphatic carbocycles. The number of hydrogen-bond donors (Lipinski definition) is 1. The third-order valence-corrected chi connectivity index (χ3v) is 4.04. The molecule has 3 aromatic rings. The first-order chi connectivity index (χ1) is 11.5. The fourth-order valence-electron chi connectivity index (χ4n) is 2.22. The molecular weight excluding hydrogens is 326 g/mol. The Morgan fingerprint density at radius 2 is 1.92 bits per heavy atom. The molecule has 1 heterocycles. The number of aryl methyl sites for hydroxylation is 1. The molecule has 0 aliphatic heterocycles. The molecular formula is C18H16ClN3O2. The number of hydrogen-bond acceptors (Lipinski definition) is 4. The van der Waals surface area contributed by atoms with Crippen molar-refractivity contribution < 1.29 is 9.32 Å². The first-order valence-corrected chi connectivity index (χ1v) is 7.85. The maximum Gasteiger partial charge on any atom is 0.257 e. The summed E-state index contributed by atoms with van der Waals surface area (Å²) in [4.78, 5) is 16.4. The number of carbonyl (C=O) groups is 1. The van der Waals surface area contributed by atoms with E-state index in [9.17, 15) is 4.79 Å². The summed E-state index contributed by atoms with van der Waals surface area (Å²) in [5.41, 5.74) is 3.47. The first kappa shape index (κ1) is 16.2. The Morgan fingerprint density at radius 1 is 1.17 bits per heavy atom. The minimum absolute atomic E-state index is 0.0291. The summed E-state index contributed by atoms with van der Waals surface area (Å²) in [5.74, 6) is 0.510. The van der Waals surface area contributed by atoms with E-state index < -0.39 is 0 Å². The molecule has 0 fully saturated rings. The van der Waals surface area contributed by atoms with E-state index in [1.165, 1.54) is 0 Å². The number of carbonyl (C=O) groups excluding carboxylic acids is 1. The normalized spacial score (nSPS) is 10.6. The zero-order chi connectivity index (χ0) is 17.1. The van der Waals surface area contributed by atoms with Gasteiger partial charge in [0.15, 0.2) is 5.82 Å². The van der Waals surface area contributed by atoms with Crippen LogP contribution in [0.15, 0.2) is 47.0 Å². The Labute approximate surface area is 144 Å². The summed E-state index contributed by atoms with van der Waals surface area (Å²) in [6, 6.07) is 13.1. The number of nitrogens with zero attached hydrogens (tertiary/aromatic N) is 2. The number of amides is 1. The van der Waals surface area contributed by atoms with Gasteiger partial charge >= 0.3 is 0 Å². The smallest absolute Gasteiger partial charge is 0.257 e. The molecule has 1 N–H and O–H groups in total. The SMILES string of the molecule is Cc1ccc(-c2nc(CC(=O)Nc3cccc(Cl)c3C)no2)cc1. The van der Waals surface area contributed by atoms with E-state index in [0.29, 0.717) is 22.4 Å². The fourth-order valence-corrected chi connectivity index (χ4v) is 2.39. The summed E-state index contributed by atoms with van der Waals surface area (Å²) in [6.07, 6.45) is 0.0291. The second kappa shape index (κ2) is 6.84. The lowest BCUT2D eigenvalue weighted by atomic mass is 10.1. The molecule has 1 aromatic heterocycles. The van der Waals surface area contributed by atoms with Crippen molar-refractivity contribution in [1.29, 1.82) is 0 Å². The molecule has 0 spiro atoms. The van der Waals surface area contributed by atoms with E-state index in [1.54, 1.807) is 18.2 Å². The number of benzene rings is 2. The van der Waals surface area contributed by atoms with Crippen molar-refractivity contribution in [1.82, 2.24) is 10.1 Å². The van der Waals surface area contributed by atoms with Gasteiger partial charge in [0.2, 0.25) is 5.91 Å². The van der Waals surface area contributed by atoms with E-state index in [0.717, 1.165) is 16.7 Å². The molecule has 0 saturated carbocycles. The van der Waals surface area contributed by atoms with Crippen LogP contribution in [-0.2, 0) is 11.2 Å². The molecule has 5 nitrogen and oxygen atoms in total. The summed E-state index contributed by atoms with van der Waals surface area (Å²) in [7, 11) is 0. The molecule has 1 amide bonds. The van der Waals surface area contributed by atoms with Gasteiger partial charge < -0.3 is 9.84 Å². The zero-order valence-corrected chi connectivity index (χ0v) is 14.1. The Balaban J connectivity index is 1.69. The van der Waals surface area contributed by atoms with Crippen LogP contribution in [0.3, 0.4) is 0 Å². The molecule has 2 aromatic carbocycles. The van der Waals surface area contributed by atoms with Gasteiger partial charge in [-0.1, -0.05) is 40.5 Å². The third kappa shape index (κ3) is 3.63. The van der Waals surface area contributed by atoms with Gasteiger partial charge in [-0.25, -0.2) is 0 Å². The van der Waals surface area contributed by atoms with Crippen molar-refractivity contribution in [2.24, 2.45) is 0 Å². The summed E-state index contributed by atoms with van der Waals surface area (Å²) < 4.78 is 5.22. The number of aromatic nitrogens is 2. The van der Waals surface area contributed by atoms with Gasteiger partial charge in [-0.15, -0.1) is 0 Å². The lowest BCUT2D eigenvalue weighted by molar-refractivity contribution is -0.115. The molecule has 0 atom stereocenters. The van der Waals surface area contributed by atoms with Gasteiger partial charge in [-0.2, -0.15) is 4.98 Å². The van der Waals surface area contributed by atoms with Gasteiger partial charge in [-0.3, -0.25) is 4.79 Å². The molecule has 0 radical (unpaired) electrons. The van der Waals surface area contributed by atoms with Crippen molar-refractivity contribution in [3.05, 3.63) is 64.4 Å². The monoisotopic (exact) mass is 341 g/mol. The number of rotatable bonds is 4. The highest BCUT2D eigenvalue weighted by molar-refractivity contribution is 6.31. The maximum atomic E-state index is 12.2. The molecule has 122 valence electrons. The van der Waals surface area contributed by atoms with E-state index in [-0.39, 0.29) is 12.3 Å². The highest BCUT2D eigenvalue weighted by Crippen LogP contribution is 2.23. The molecule has 3 rings (SSSR count). The van der Waals surface area contributed by atoms with Crippen LogP contribution in [0.1, 0.15) is 17.0 Å². The molecule has 0 saturated heterocycles. The van der Waals surface area contributed by atoms with Crippen LogP contribution in [0.5, 0.6) is 0 Å². The van der Waals surface area contributed by atoms with Crippen molar-refractivity contribution >= 4 is 23.2 Å². The molecule has 0 bridgehead atoms. The van der Waals surface area contributed by atoms with Crippen LogP contribution in [0.25, 0.3) is 11.5 Å². The second-order valence-corrected chi connectivity index (χ2v) is 5.93. The summed E-state index contributed by atoms with van der Waals surface area (Å²) >= 11 is 6.05. The standard InChI is InChI=1S/C18H16ClN3O2/c1-11-6-8-13(9-7-11)18-21-16(22-24-18)10-17(23)20-15-5-3-4-14(19)12(15)2/h3-9H,10H2,1-2H3,(H,20,23). The number of anilines is 1. The van der Waals surface area contributed by atoms with Crippen LogP contribution >= 0.6 is 11.6 Å². The zero-order valence-electron chi connectivity index (χ0n) is 13.3. The second-order valence-electron chi connectivity index (χ2n) is 5.52. The van der Waals surface area contributed by atoms with Crippen LogP contribution < -0.4 is 5.32 Å². The Hall–Kier alpha value is -2.66. The summed E-state index contributed by atoms with van der Waals surface area (Å²) in [6.45, 7) is 3.85. The van der Waals surface area contributed by atoms with Crippen molar-refractivity contribution in [2.75, 3.05) is 5.32 Å². The number of nitrogens with one attached hydrogen (secondary N) is 1. The van der Waals surface area contributed by atoms with E-state index in [2.05, 4.69) is 15.5 Å². The number of halogens is 1. The topological polar surface area (TPSA) is 68.0 Å². The predicted molar refractivity (Wildman–Crippen MR) is 93.0 cm³/mol. The molecule has 0 aliphatic rings. The van der Waals surface area contributed by atoms with E-state index in [4.69, 9.17) is 16.1 Å². The van der Waals surface area contributed by atoms with Gasteiger partial charge in [0.05, 0.1) is 6.42 Å². The lowest BCUT2D eigenvalue weighted by Crippen LogP contribution is -2.16. The Morgan fingerprint density at radius 3 is 2.67 bits per heavy atom.